The van der Waals surface area contributed by atoms with E-state index in [4.69, 9.17) is 11.5 Å². The maximum Gasteiger partial charge on any atom is 0.252 e. The topological polar surface area (TPSA) is 78.3 Å². The minimum Gasteiger partial charge on any atom is -0.460 e. The monoisotopic (exact) mass is 184 g/mol. The van der Waals surface area contributed by atoms with E-state index in [1.165, 1.54) is 12.1 Å². The predicted molar refractivity (Wildman–Crippen MR) is 46.0 cm³/mol. The molecule has 70 valence electrons. The fraction of sp³-hybridized carbons (Fsp3) is 0.125. The van der Waals surface area contributed by atoms with Gasteiger partial charge in [0.25, 0.3) is 5.91 Å². The highest BCUT2D eigenvalue weighted by molar-refractivity contribution is 5.97. The van der Waals surface area contributed by atoms with Crippen LogP contribution in [0.3, 0.4) is 0 Å². The molecule has 0 heterocycles. The molecule has 0 aliphatic carbocycles. The molecule has 0 saturated heterocycles. The molecule has 1 rings (SSSR count). The van der Waals surface area contributed by atoms with E-state index < -0.39 is 12.8 Å². The van der Waals surface area contributed by atoms with Crippen molar-refractivity contribution in [1.82, 2.24) is 0 Å². The van der Waals surface area contributed by atoms with Crippen molar-refractivity contribution in [3.63, 3.8) is 0 Å². The van der Waals surface area contributed by atoms with Gasteiger partial charge in [-0.05, 0) is 12.1 Å². The van der Waals surface area contributed by atoms with Crippen molar-refractivity contribution >= 4 is 11.6 Å². The molecule has 0 radical (unpaired) electrons. The second kappa shape index (κ2) is 3.75. The number of rotatable bonds is 3. The third-order valence-corrected chi connectivity index (χ3v) is 1.51. The number of ether oxygens (including phenoxy) is 1. The Balaban J connectivity index is 3.17. The number of amides is 1. The number of halogens is 1. The summed E-state index contributed by atoms with van der Waals surface area (Å²) < 4.78 is 16.4. The summed E-state index contributed by atoms with van der Waals surface area (Å²) >= 11 is 0. The Bertz CT molecular complexity index is 328. The zero-order valence-corrected chi connectivity index (χ0v) is 6.79. The van der Waals surface area contributed by atoms with Gasteiger partial charge in [-0.3, -0.25) is 4.79 Å². The summed E-state index contributed by atoms with van der Waals surface area (Å²) in [7, 11) is 0. The normalized spacial score (nSPS) is 9.62. The lowest BCUT2D eigenvalue weighted by Gasteiger charge is -2.08. The lowest BCUT2D eigenvalue weighted by Crippen LogP contribution is -2.13. The van der Waals surface area contributed by atoms with Gasteiger partial charge >= 0.3 is 0 Å². The number of hydrogen-bond donors (Lipinski definition) is 2. The Labute approximate surface area is 74.3 Å². The number of carbonyl (C=O) groups excluding carboxylic acids is 1. The van der Waals surface area contributed by atoms with Crippen LogP contribution in [-0.4, -0.2) is 12.8 Å². The molecule has 0 aromatic heterocycles. The summed E-state index contributed by atoms with van der Waals surface area (Å²) in [6, 6.07) is 4.46. The van der Waals surface area contributed by atoms with Crippen molar-refractivity contribution < 1.29 is 13.9 Å². The average Bonchev–Trinajstić information content (AvgIpc) is 2.08. The van der Waals surface area contributed by atoms with Gasteiger partial charge in [-0.25, -0.2) is 4.39 Å². The van der Waals surface area contributed by atoms with Gasteiger partial charge in [0.15, 0.2) is 5.75 Å². The lowest BCUT2D eigenvalue weighted by atomic mass is 10.1. The highest BCUT2D eigenvalue weighted by atomic mass is 19.1. The van der Waals surface area contributed by atoms with E-state index in [2.05, 4.69) is 4.74 Å². The van der Waals surface area contributed by atoms with Crippen LogP contribution in [0.15, 0.2) is 18.2 Å². The fourth-order valence-corrected chi connectivity index (χ4v) is 0.965. The summed E-state index contributed by atoms with van der Waals surface area (Å²) in [5.41, 5.74) is 10.7. The van der Waals surface area contributed by atoms with Crippen molar-refractivity contribution in [2.24, 2.45) is 5.73 Å². The number of hydrogen-bond acceptors (Lipinski definition) is 3. The molecular weight excluding hydrogens is 175 g/mol. The molecule has 1 aromatic rings. The third kappa shape index (κ3) is 1.87. The van der Waals surface area contributed by atoms with E-state index in [1.807, 2.05) is 0 Å². The van der Waals surface area contributed by atoms with Crippen molar-refractivity contribution in [1.29, 1.82) is 0 Å². The Kier molecular flexibility index (Phi) is 2.69. The largest absolute Gasteiger partial charge is 0.460 e. The standard InChI is InChI=1S/C8H9FN2O2/c9-4-13-7-5(8(11)12)2-1-3-6(7)10/h1-3H,4,10H2,(H2,11,12). The summed E-state index contributed by atoms with van der Waals surface area (Å²) in [6.07, 6.45) is 0. The van der Waals surface area contributed by atoms with E-state index in [-0.39, 0.29) is 17.0 Å². The Morgan fingerprint density at radius 2 is 2.23 bits per heavy atom. The molecule has 0 bridgehead atoms. The smallest absolute Gasteiger partial charge is 0.252 e. The van der Waals surface area contributed by atoms with Crippen LogP contribution in [0.25, 0.3) is 0 Å². The van der Waals surface area contributed by atoms with Crippen LogP contribution in [-0.2, 0) is 0 Å². The van der Waals surface area contributed by atoms with E-state index >= 15 is 0 Å². The summed E-state index contributed by atoms with van der Waals surface area (Å²) in [6.45, 7) is -1.05. The number of primary amides is 1. The molecule has 4 nitrogen and oxygen atoms in total. The van der Waals surface area contributed by atoms with Crippen molar-refractivity contribution in [2.45, 2.75) is 0 Å². The van der Waals surface area contributed by atoms with Gasteiger partial charge in [0, 0.05) is 0 Å². The summed E-state index contributed by atoms with van der Waals surface area (Å²) in [5.74, 6) is -0.701. The van der Waals surface area contributed by atoms with E-state index in [0.29, 0.717) is 0 Å². The number of carbonyl (C=O) groups is 1. The number of nitrogen functional groups attached to an aromatic ring is 1. The van der Waals surface area contributed by atoms with Crippen LogP contribution in [0.1, 0.15) is 10.4 Å². The van der Waals surface area contributed by atoms with Gasteiger partial charge in [0.05, 0.1) is 11.3 Å². The third-order valence-electron chi connectivity index (χ3n) is 1.51. The second-order valence-corrected chi connectivity index (χ2v) is 2.34. The summed E-state index contributed by atoms with van der Waals surface area (Å²) in [5, 5.41) is 0. The highest BCUT2D eigenvalue weighted by Gasteiger charge is 2.11. The first-order valence-electron chi connectivity index (χ1n) is 3.54. The SMILES string of the molecule is NC(=O)c1cccc(N)c1OCF. The fourth-order valence-electron chi connectivity index (χ4n) is 0.965. The van der Waals surface area contributed by atoms with Crippen LogP contribution in [0, 0.1) is 0 Å². The number of nitrogens with two attached hydrogens (primary N) is 2. The molecule has 4 N–H and O–H groups in total. The van der Waals surface area contributed by atoms with Gasteiger partial charge in [-0.15, -0.1) is 0 Å². The molecule has 0 saturated carbocycles. The van der Waals surface area contributed by atoms with Crippen LogP contribution < -0.4 is 16.2 Å². The maximum atomic E-state index is 11.9. The zero-order valence-electron chi connectivity index (χ0n) is 6.79. The average molecular weight is 184 g/mol. The van der Waals surface area contributed by atoms with Gasteiger partial charge in [0.2, 0.25) is 6.86 Å². The Morgan fingerprint density at radius 1 is 1.54 bits per heavy atom. The first-order valence-corrected chi connectivity index (χ1v) is 3.54. The van der Waals surface area contributed by atoms with E-state index in [0.717, 1.165) is 0 Å². The first kappa shape index (κ1) is 9.31. The minimum absolute atomic E-state index is 0.00231. The number of benzene rings is 1. The van der Waals surface area contributed by atoms with Crippen LogP contribution in [0.5, 0.6) is 5.75 Å². The van der Waals surface area contributed by atoms with Crippen molar-refractivity contribution in [3.8, 4) is 5.75 Å². The molecule has 5 heteroatoms. The Morgan fingerprint density at radius 3 is 2.77 bits per heavy atom. The highest BCUT2D eigenvalue weighted by Crippen LogP contribution is 2.25. The van der Waals surface area contributed by atoms with Crippen LogP contribution >= 0.6 is 0 Å². The molecule has 0 aliphatic heterocycles. The van der Waals surface area contributed by atoms with E-state index in [1.54, 1.807) is 6.07 Å². The molecule has 0 spiro atoms. The van der Waals surface area contributed by atoms with Gasteiger partial charge in [-0.1, -0.05) is 6.07 Å². The molecule has 0 fully saturated rings. The van der Waals surface area contributed by atoms with Gasteiger partial charge in [-0.2, -0.15) is 0 Å². The first-order chi connectivity index (χ1) is 6.16. The predicted octanol–water partition coefficient (Wildman–Crippen LogP) is 0.674. The molecule has 0 unspecified atom stereocenters. The lowest BCUT2D eigenvalue weighted by molar-refractivity contribution is 0.0993. The molecule has 0 atom stereocenters. The quantitative estimate of drug-likeness (QED) is 0.678. The molecule has 1 aromatic carbocycles. The van der Waals surface area contributed by atoms with Crippen molar-refractivity contribution in [2.75, 3.05) is 12.6 Å². The number of para-hydroxylation sites is 1. The van der Waals surface area contributed by atoms with Gasteiger partial charge < -0.3 is 16.2 Å². The second-order valence-electron chi connectivity index (χ2n) is 2.34. The molecule has 0 aliphatic rings. The summed E-state index contributed by atoms with van der Waals surface area (Å²) in [4.78, 5) is 10.8. The van der Waals surface area contributed by atoms with E-state index in [9.17, 15) is 9.18 Å². The number of anilines is 1. The van der Waals surface area contributed by atoms with Crippen LogP contribution in [0.4, 0.5) is 10.1 Å². The van der Waals surface area contributed by atoms with Crippen LogP contribution in [0.2, 0.25) is 0 Å². The zero-order chi connectivity index (χ0) is 9.84. The van der Waals surface area contributed by atoms with Gasteiger partial charge in [0.1, 0.15) is 0 Å². The number of alkyl halides is 1. The minimum atomic E-state index is -1.05. The Hall–Kier alpha value is -1.78. The maximum absolute atomic E-state index is 11.9. The molecule has 1 amide bonds. The van der Waals surface area contributed by atoms with Crippen molar-refractivity contribution in [3.05, 3.63) is 23.8 Å². The molecular formula is C8H9FN2O2. The molecule has 13 heavy (non-hydrogen) atoms.